The van der Waals surface area contributed by atoms with Crippen molar-refractivity contribution in [2.24, 2.45) is 0 Å². The molecular weight excluding hydrogens is 541 g/mol. The Hall–Kier alpha value is 0.430. The van der Waals surface area contributed by atoms with Crippen molar-refractivity contribution in [1.82, 2.24) is 0 Å². The molecule has 0 fully saturated rings. The van der Waals surface area contributed by atoms with Gasteiger partial charge in [0.1, 0.15) is 0 Å². The summed E-state index contributed by atoms with van der Waals surface area (Å²) in [6, 6.07) is 4.26. The maximum absolute atomic E-state index is 11.7. The molecule has 2 aromatic rings. The summed E-state index contributed by atoms with van der Waals surface area (Å²) in [7, 11) is 0. The van der Waals surface area contributed by atoms with E-state index >= 15 is 0 Å². The van der Waals surface area contributed by atoms with Crippen LogP contribution in [0.2, 0.25) is 0 Å². The van der Waals surface area contributed by atoms with Crippen LogP contribution in [0.3, 0.4) is 0 Å². The summed E-state index contributed by atoms with van der Waals surface area (Å²) in [6.07, 6.45) is 0.993. The van der Waals surface area contributed by atoms with E-state index in [-0.39, 0.29) is 8.11 Å². The van der Waals surface area contributed by atoms with Gasteiger partial charge in [-0.05, 0) is 0 Å². The lowest BCUT2D eigenvalue weighted by atomic mass is 10.6. The van der Waals surface area contributed by atoms with E-state index in [1.54, 1.807) is 47.0 Å². The summed E-state index contributed by atoms with van der Waals surface area (Å²) < 4.78 is 4.51. The van der Waals surface area contributed by atoms with Gasteiger partial charge in [-0.3, -0.25) is 9.59 Å². The topological polar surface area (TPSA) is 81.7 Å². The Morgan fingerprint density at radius 2 is 0.931 bits per heavy atom. The normalized spacial score (nSPS) is 10.7. The summed E-state index contributed by atoms with van der Waals surface area (Å²) >= 11 is 13.7. The van der Waals surface area contributed by atoms with Gasteiger partial charge in [0, 0.05) is 47.4 Å². The number of nitrogens with zero attached hydrogens (tertiary/aromatic N) is 2. The van der Waals surface area contributed by atoms with Gasteiger partial charge in [-0.15, -0.1) is 47.0 Å². The van der Waals surface area contributed by atoms with Crippen molar-refractivity contribution in [1.29, 1.82) is 10.5 Å². The van der Waals surface area contributed by atoms with Gasteiger partial charge in [0.25, 0.3) is 8.11 Å². The molecule has 0 amide bonds. The van der Waals surface area contributed by atoms with Gasteiger partial charge in [0.2, 0.25) is 0 Å². The fourth-order valence-electron chi connectivity index (χ4n) is 1.73. The Bertz CT molecular complexity index is 871. The lowest BCUT2D eigenvalue weighted by Gasteiger charge is -2.03. The average molecular weight is 557 g/mol. The molecule has 29 heavy (non-hydrogen) atoms. The largest absolute Gasteiger partial charge is 0.289 e. The summed E-state index contributed by atoms with van der Waals surface area (Å²) in [5.74, 6) is 5.38. The molecule has 0 aliphatic carbocycles. The van der Waals surface area contributed by atoms with Gasteiger partial charge < -0.3 is 0 Å². The molecule has 0 saturated carbocycles. The third kappa shape index (κ3) is 10.1. The highest BCUT2D eigenvalue weighted by molar-refractivity contribution is 8.07. The first-order chi connectivity index (χ1) is 14.1. The summed E-state index contributed by atoms with van der Waals surface area (Å²) in [5, 5.41) is 17.3. The second-order valence-electron chi connectivity index (χ2n) is 4.88. The van der Waals surface area contributed by atoms with Crippen molar-refractivity contribution >= 4 is 104 Å². The Kier molecular flexibility index (Phi) is 13.5. The molecule has 0 atom stereocenters. The first-order valence-electron chi connectivity index (χ1n) is 8.24. The lowest BCUT2D eigenvalue weighted by molar-refractivity contribution is 1.24. The maximum atomic E-state index is 11.7. The number of thioether (sulfide) groups is 5. The van der Waals surface area contributed by atoms with E-state index in [9.17, 15) is 9.59 Å². The monoisotopic (exact) mass is 556 g/mol. The minimum Gasteiger partial charge on any atom is -0.265 e. The van der Waals surface area contributed by atoms with Crippen LogP contribution in [0.1, 0.15) is 12.8 Å². The Balaban J connectivity index is 1.65. The molecule has 0 aliphatic rings. The molecule has 0 saturated heterocycles. The Labute approximate surface area is 206 Å². The number of hydrogen-bond donors (Lipinski definition) is 0. The third-order valence-corrected chi connectivity index (χ3v) is 14.5. The van der Waals surface area contributed by atoms with E-state index < -0.39 is 0 Å². The van der Waals surface area contributed by atoms with Crippen LogP contribution in [0, 0.1) is 22.7 Å². The van der Waals surface area contributed by atoms with Crippen LogP contribution in [0.4, 0.5) is 0 Å². The highest BCUT2D eigenvalue weighted by atomic mass is 32.2. The van der Waals surface area contributed by atoms with Crippen LogP contribution < -0.4 is 8.11 Å². The zero-order valence-corrected chi connectivity index (χ0v) is 22.4. The Morgan fingerprint density at radius 3 is 1.28 bits per heavy atom. The summed E-state index contributed by atoms with van der Waals surface area (Å²) in [4.78, 5) is 23.3. The van der Waals surface area contributed by atoms with Crippen LogP contribution in [-0.4, -0.2) is 34.5 Å². The number of hydrogen-bond acceptors (Lipinski definition) is 13. The zero-order valence-electron chi connectivity index (χ0n) is 15.0. The summed E-state index contributed by atoms with van der Waals surface area (Å²) in [6.45, 7) is 0. The molecule has 0 aliphatic heterocycles. The second-order valence-corrected chi connectivity index (χ2v) is 16.0. The van der Waals surface area contributed by atoms with Gasteiger partial charge in [0.05, 0.1) is 29.0 Å². The molecule has 2 heterocycles. The van der Waals surface area contributed by atoms with Crippen molar-refractivity contribution < 1.29 is 0 Å². The highest BCUT2D eigenvalue weighted by Gasteiger charge is 2.11. The van der Waals surface area contributed by atoms with Gasteiger partial charge >= 0.3 is 0 Å². The van der Waals surface area contributed by atoms with Gasteiger partial charge in [-0.1, -0.05) is 45.3 Å². The van der Waals surface area contributed by atoms with Crippen molar-refractivity contribution in [3.05, 3.63) is 17.7 Å². The predicted octanol–water partition coefficient (Wildman–Crippen LogP) is 6.28. The lowest BCUT2D eigenvalue weighted by Crippen LogP contribution is -1.89. The molecule has 0 aromatic carbocycles. The van der Waals surface area contributed by atoms with Crippen LogP contribution >= 0.6 is 104 Å². The third-order valence-electron chi connectivity index (χ3n) is 2.85. The maximum Gasteiger partial charge on any atom is 0.289 e. The molecule has 2 rings (SSSR count). The molecular formula is C16H16N2O2S9. The van der Waals surface area contributed by atoms with E-state index in [0.717, 1.165) is 51.4 Å². The zero-order chi connectivity index (χ0) is 20.9. The van der Waals surface area contributed by atoms with E-state index in [1.807, 2.05) is 11.8 Å². The molecule has 156 valence electrons. The van der Waals surface area contributed by atoms with Crippen molar-refractivity contribution in [2.45, 2.75) is 29.7 Å². The average Bonchev–Trinajstić information content (AvgIpc) is 3.23. The van der Waals surface area contributed by atoms with Crippen LogP contribution in [0.15, 0.2) is 26.4 Å². The smallest absolute Gasteiger partial charge is 0.265 e. The molecule has 0 N–H and O–H groups in total. The van der Waals surface area contributed by atoms with E-state index in [4.69, 9.17) is 10.5 Å². The van der Waals surface area contributed by atoms with Gasteiger partial charge in [0.15, 0.2) is 0 Å². The van der Waals surface area contributed by atoms with Crippen LogP contribution in [-0.2, 0) is 0 Å². The Morgan fingerprint density at radius 1 is 0.586 bits per heavy atom. The van der Waals surface area contributed by atoms with Gasteiger partial charge in [-0.2, -0.15) is 22.3 Å². The van der Waals surface area contributed by atoms with E-state index in [2.05, 4.69) is 12.1 Å². The quantitative estimate of drug-likeness (QED) is 0.197. The molecule has 0 bridgehead atoms. The molecule has 4 nitrogen and oxygen atoms in total. The minimum atomic E-state index is 0.120. The molecule has 2 aromatic heterocycles. The molecule has 0 radical (unpaired) electrons. The first-order valence-corrected chi connectivity index (χ1v) is 16.6. The first kappa shape index (κ1) is 25.7. The van der Waals surface area contributed by atoms with Crippen LogP contribution in [0.5, 0.6) is 0 Å². The van der Waals surface area contributed by atoms with E-state index in [0.29, 0.717) is 12.8 Å². The molecule has 0 spiro atoms. The molecule has 13 heteroatoms. The number of rotatable bonds is 14. The fraction of sp³-hybridized carbons (Fsp3) is 0.500. The van der Waals surface area contributed by atoms with Crippen LogP contribution in [0.25, 0.3) is 0 Å². The number of nitriles is 2. The minimum absolute atomic E-state index is 0.120. The van der Waals surface area contributed by atoms with Crippen molar-refractivity contribution in [3.63, 3.8) is 0 Å². The fourth-order valence-corrected chi connectivity index (χ4v) is 13.3. The van der Waals surface area contributed by atoms with Crippen molar-refractivity contribution in [3.8, 4) is 12.1 Å². The second kappa shape index (κ2) is 15.3. The predicted molar refractivity (Wildman–Crippen MR) is 138 cm³/mol. The standard InChI is InChI=1S/C16H16N2O2S9/c17-3-1-5-22-11-13(28-15(19)26-11)24-9-7-21-8-10-25-14-12(23-6-2-4-18)27-16(20)29-14/h1-2,5-10H2. The summed E-state index contributed by atoms with van der Waals surface area (Å²) in [5.41, 5.74) is 0. The highest BCUT2D eigenvalue weighted by Crippen LogP contribution is 2.38. The molecule has 0 unspecified atom stereocenters. The van der Waals surface area contributed by atoms with E-state index in [1.165, 1.54) is 45.3 Å². The van der Waals surface area contributed by atoms with Gasteiger partial charge in [-0.25, -0.2) is 0 Å². The van der Waals surface area contributed by atoms with Crippen molar-refractivity contribution in [2.75, 3.05) is 34.5 Å². The SMILES string of the molecule is N#CCCSc1sc(=O)sc1SCCSCCSc1sc(=O)sc1SCCC#N.